The molecule has 2 rings (SSSR count). The molecule has 1 aromatic rings. The van der Waals surface area contributed by atoms with Gasteiger partial charge in [-0.2, -0.15) is 0 Å². The minimum atomic E-state index is -3.52. The number of sulfonamides is 1. The van der Waals surface area contributed by atoms with E-state index in [4.69, 9.17) is 11.6 Å². The minimum absolute atomic E-state index is 0.141. The average molecular weight is 318 g/mol. The van der Waals surface area contributed by atoms with Gasteiger partial charge in [0, 0.05) is 26.8 Å². The van der Waals surface area contributed by atoms with Crippen molar-refractivity contribution in [3.63, 3.8) is 0 Å². The molecule has 0 saturated heterocycles. The van der Waals surface area contributed by atoms with E-state index in [9.17, 15) is 8.42 Å². The van der Waals surface area contributed by atoms with Crippen LogP contribution in [0.4, 0.5) is 5.82 Å². The van der Waals surface area contributed by atoms with Crippen LogP contribution in [0.1, 0.15) is 25.7 Å². The van der Waals surface area contributed by atoms with Crippen LogP contribution in [0, 0.1) is 5.92 Å². The SMILES string of the molecule is CNc1ncc(S(=O)(=O)N(C)CC2CCCC2)cc1Cl. The Balaban J connectivity index is 2.18. The van der Waals surface area contributed by atoms with Gasteiger partial charge in [-0.3, -0.25) is 0 Å². The van der Waals surface area contributed by atoms with Gasteiger partial charge in [0.2, 0.25) is 10.0 Å². The van der Waals surface area contributed by atoms with Crippen molar-refractivity contribution in [3.8, 4) is 0 Å². The Kier molecular flexibility index (Phi) is 4.88. The smallest absolute Gasteiger partial charge is 0.244 e. The molecule has 7 heteroatoms. The highest BCUT2D eigenvalue weighted by Gasteiger charge is 2.26. The second-order valence-electron chi connectivity index (χ2n) is 5.19. The highest BCUT2D eigenvalue weighted by Crippen LogP contribution is 2.28. The zero-order valence-electron chi connectivity index (χ0n) is 11.8. The van der Waals surface area contributed by atoms with Crippen molar-refractivity contribution in [1.29, 1.82) is 0 Å². The number of rotatable bonds is 5. The van der Waals surface area contributed by atoms with Crippen LogP contribution in [0.3, 0.4) is 0 Å². The van der Waals surface area contributed by atoms with Gasteiger partial charge in [0.25, 0.3) is 0 Å². The Labute approximate surface area is 125 Å². The first kappa shape index (κ1) is 15.5. The van der Waals surface area contributed by atoms with E-state index in [2.05, 4.69) is 10.3 Å². The first-order valence-corrected chi connectivity index (χ1v) is 8.56. The van der Waals surface area contributed by atoms with Crippen LogP contribution in [0.15, 0.2) is 17.2 Å². The molecule has 20 heavy (non-hydrogen) atoms. The van der Waals surface area contributed by atoms with Gasteiger partial charge >= 0.3 is 0 Å². The summed E-state index contributed by atoms with van der Waals surface area (Å²) in [6.45, 7) is 0.563. The maximum Gasteiger partial charge on any atom is 0.244 e. The summed E-state index contributed by atoms with van der Waals surface area (Å²) in [5.74, 6) is 0.943. The molecule has 0 spiro atoms. The summed E-state index contributed by atoms with van der Waals surface area (Å²) in [5, 5.41) is 3.12. The Hall–Kier alpha value is -0.850. The highest BCUT2D eigenvalue weighted by atomic mass is 35.5. The van der Waals surface area contributed by atoms with Gasteiger partial charge in [-0.05, 0) is 24.8 Å². The molecule has 112 valence electrons. The van der Waals surface area contributed by atoms with Crippen LogP contribution >= 0.6 is 11.6 Å². The van der Waals surface area contributed by atoms with Crippen LogP contribution in [-0.4, -0.2) is 38.3 Å². The lowest BCUT2D eigenvalue weighted by Crippen LogP contribution is -2.31. The summed E-state index contributed by atoms with van der Waals surface area (Å²) in [5.41, 5.74) is 0. The first-order valence-electron chi connectivity index (χ1n) is 6.75. The second kappa shape index (κ2) is 6.28. The second-order valence-corrected chi connectivity index (χ2v) is 7.64. The maximum atomic E-state index is 12.5. The first-order chi connectivity index (χ1) is 9.45. The molecule has 0 radical (unpaired) electrons. The van der Waals surface area contributed by atoms with E-state index in [1.165, 1.54) is 29.4 Å². The Morgan fingerprint density at radius 1 is 1.45 bits per heavy atom. The molecule has 1 aromatic heterocycles. The lowest BCUT2D eigenvalue weighted by atomic mass is 10.1. The van der Waals surface area contributed by atoms with E-state index < -0.39 is 10.0 Å². The van der Waals surface area contributed by atoms with Crippen LogP contribution < -0.4 is 5.32 Å². The summed E-state index contributed by atoms with van der Waals surface area (Å²) in [4.78, 5) is 4.17. The largest absolute Gasteiger partial charge is 0.372 e. The molecule has 1 aliphatic rings. The molecular formula is C13H20ClN3O2S. The van der Waals surface area contributed by atoms with Crippen molar-refractivity contribution < 1.29 is 8.42 Å². The molecule has 0 bridgehead atoms. The zero-order valence-corrected chi connectivity index (χ0v) is 13.3. The fourth-order valence-electron chi connectivity index (χ4n) is 2.58. The van der Waals surface area contributed by atoms with Crippen molar-refractivity contribution >= 4 is 27.4 Å². The van der Waals surface area contributed by atoms with Gasteiger partial charge in [0.15, 0.2) is 0 Å². The van der Waals surface area contributed by atoms with Gasteiger partial charge in [-0.1, -0.05) is 24.4 Å². The fraction of sp³-hybridized carbons (Fsp3) is 0.615. The number of halogens is 1. The lowest BCUT2D eigenvalue weighted by Gasteiger charge is -2.20. The van der Waals surface area contributed by atoms with Crippen molar-refractivity contribution in [1.82, 2.24) is 9.29 Å². The zero-order chi connectivity index (χ0) is 14.8. The molecule has 0 unspecified atom stereocenters. The van der Waals surface area contributed by atoms with Crippen LogP contribution in [0.2, 0.25) is 5.02 Å². The molecule has 1 saturated carbocycles. The van der Waals surface area contributed by atoms with E-state index in [0.29, 0.717) is 23.3 Å². The van der Waals surface area contributed by atoms with Gasteiger partial charge < -0.3 is 5.32 Å². The molecule has 1 heterocycles. The van der Waals surface area contributed by atoms with Crippen molar-refractivity contribution in [2.24, 2.45) is 5.92 Å². The number of aromatic nitrogens is 1. The Morgan fingerprint density at radius 2 is 2.10 bits per heavy atom. The molecule has 1 N–H and O–H groups in total. The normalized spacial score (nSPS) is 16.8. The molecule has 0 aliphatic heterocycles. The van der Waals surface area contributed by atoms with Crippen molar-refractivity contribution in [3.05, 3.63) is 17.3 Å². The molecule has 1 aliphatic carbocycles. The quantitative estimate of drug-likeness (QED) is 0.906. The summed E-state index contributed by atoms with van der Waals surface area (Å²) < 4.78 is 26.4. The molecule has 1 fully saturated rings. The number of anilines is 1. The van der Waals surface area contributed by atoms with Crippen molar-refractivity contribution in [2.75, 3.05) is 26.0 Å². The average Bonchev–Trinajstić information content (AvgIpc) is 2.91. The maximum absolute atomic E-state index is 12.5. The van der Waals surface area contributed by atoms with Gasteiger partial charge in [0.05, 0.1) is 5.02 Å². The van der Waals surface area contributed by atoms with Crippen LogP contribution in [0.5, 0.6) is 0 Å². The third kappa shape index (κ3) is 3.24. The molecule has 5 nitrogen and oxygen atoms in total. The van der Waals surface area contributed by atoms with E-state index >= 15 is 0 Å². The van der Waals surface area contributed by atoms with E-state index in [1.807, 2.05) is 0 Å². The standard InChI is InChI=1S/C13H20ClN3O2S/c1-15-13-12(14)7-11(8-16-13)20(18,19)17(2)9-10-5-3-4-6-10/h7-8,10H,3-6,9H2,1-2H3,(H,15,16). The number of hydrogen-bond donors (Lipinski definition) is 1. The van der Waals surface area contributed by atoms with Crippen LogP contribution in [-0.2, 0) is 10.0 Å². The number of nitrogens with zero attached hydrogens (tertiary/aromatic N) is 2. The predicted molar refractivity (Wildman–Crippen MR) is 80.6 cm³/mol. The van der Waals surface area contributed by atoms with E-state index in [-0.39, 0.29) is 4.90 Å². The highest BCUT2D eigenvalue weighted by molar-refractivity contribution is 7.89. The van der Waals surface area contributed by atoms with Gasteiger partial charge in [-0.15, -0.1) is 0 Å². The third-order valence-corrected chi connectivity index (χ3v) is 5.83. The number of nitrogens with one attached hydrogen (secondary N) is 1. The lowest BCUT2D eigenvalue weighted by molar-refractivity contribution is 0.387. The monoisotopic (exact) mass is 317 g/mol. The van der Waals surface area contributed by atoms with Crippen LogP contribution in [0.25, 0.3) is 0 Å². The third-order valence-electron chi connectivity index (χ3n) is 3.75. The fourth-order valence-corrected chi connectivity index (χ4v) is 4.13. The number of pyridine rings is 1. The summed E-state index contributed by atoms with van der Waals surface area (Å²) in [6.07, 6.45) is 5.96. The summed E-state index contributed by atoms with van der Waals surface area (Å²) in [7, 11) is -0.208. The summed E-state index contributed by atoms with van der Waals surface area (Å²) >= 11 is 6.00. The minimum Gasteiger partial charge on any atom is -0.372 e. The summed E-state index contributed by atoms with van der Waals surface area (Å²) in [6, 6.07) is 1.45. The van der Waals surface area contributed by atoms with E-state index in [0.717, 1.165) is 12.8 Å². The number of hydrogen-bond acceptors (Lipinski definition) is 4. The van der Waals surface area contributed by atoms with E-state index in [1.54, 1.807) is 14.1 Å². The molecule has 0 amide bonds. The van der Waals surface area contributed by atoms with Gasteiger partial charge in [0.1, 0.15) is 10.7 Å². The molecule has 0 aromatic carbocycles. The Morgan fingerprint density at radius 3 is 2.65 bits per heavy atom. The molecule has 0 atom stereocenters. The Bertz CT molecular complexity index is 571. The predicted octanol–water partition coefficient (Wildman–Crippen LogP) is 2.59. The van der Waals surface area contributed by atoms with Crippen molar-refractivity contribution in [2.45, 2.75) is 30.6 Å². The van der Waals surface area contributed by atoms with Gasteiger partial charge in [-0.25, -0.2) is 17.7 Å². The topological polar surface area (TPSA) is 62.3 Å². The molecular weight excluding hydrogens is 298 g/mol.